The van der Waals surface area contributed by atoms with Crippen LogP contribution >= 0.6 is 0 Å². The fraction of sp³-hybridized carbons (Fsp3) is 0.300. The molecule has 1 fully saturated rings. The summed E-state index contributed by atoms with van der Waals surface area (Å²) >= 11 is 0. The van der Waals surface area contributed by atoms with Crippen molar-refractivity contribution in [3.8, 4) is 0 Å². The third-order valence-electron chi connectivity index (χ3n) is 2.50. The van der Waals surface area contributed by atoms with E-state index in [0.717, 1.165) is 23.8 Å². The van der Waals surface area contributed by atoms with Gasteiger partial charge in [-0.05, 0) is 25.0 Å². The largest absolute Gasteiger partial charge is 0.458 e. The van der Waals surface area contributed by atoms with Gasteiger partial charge in [-0.15, -0.1) is 0 Å². The maximum Gasteiger partial charge on any atom is 0.137 e. The van der Waals surface area contributed by atoms with Crippen LogP contribution in [0.15, 0.2) is 28.9 Å². The van der Waals surface area contributed by atoms with E-state index in [0.29, 0.717) is 5.76 Å². The molecule has 2 aromatic heterocycles. The minimum atomic E-state index is -0.682. The highest BCUT2D eigenvalue weighted by Gasteiger charge is 2.45. The van der Waals surface area contributed by atoms with Gasteiger partial charge in [0.05, 0.1) is 0 Å². The molecule has 3 heteroatoms. The van der Waals surface area contributed by atoms with E-state index in [1.807, 2.05) is 12.1 Å². The first-order chi connectivity index (χ1) is 6.28. The van der Waals surface area contributed by atoms with Gasteiger partial charge >= 0.3 is 0 Å². The zero-order valence-corrected chi connectivity index (χ0v) is 7.03. The summed E-state index contributed by atoms with van der Waals surface area (Å²) in [5.74, 6) is 0.676. The van der Waals surface area contributed by atoms with Crippen molar-refractivity contribution in [1.29, 1.82) is 0 Å². The standard InChI is InChI=1S/C10H9NO2/c12-10(2-3-10)9-5-7-6-11-4-1-8(7)13-9/h1,4-6,12H,2-3H2. The van der Waals surface area contributed by atoms with E-state index in [1.54, 1.807) is 12.4 Å². The molecule has 2 heterocycles. The van der Waals surface area contributed by atoms with Gasteiger partial charge in [0.1, 0.15) is 16.9 Å². The van der Waals surface area contributed by atoms with Crippen molar-refractivity contribution in [2.24, 2.45) is 0 Å². The maximum atomic E-state index is 9.79. The highest BCUT2D eigenvalue weighted by atomic mass is 16.4. The predicted molar refractivity (Wildman–Crippen MR) is 47.1 cm³/mol. The summed E-state index contributed by atoms with van der Waals surface area (Å²) in [6.45, 7) is 0. The van der Waals surface area contributed by atoms with E-state index in [-0.39, 0.29) is 0 Å². The number of aromatic nitrogens is 1. The second-order valence-electron chi connectivity index (χ2n) is 3.56. The minimum Gasteiger partial charge on any atom is -0.458 e. The number of fused-ring (bicyclic) bond motifs is 1. The number of rotatable bonds is 1. The molecule has 0 aliphatic heterocycles. The van der Waals surface area contributed by atoms with Crippen molar-refractivity contribution < 1.29 is 9.52 Å². The summed E-state index contributed by atoms with van der Waals surface area (Å²) in [7, 11) is 0. The van der Waals surface area contributed by atoms with Gasteiger partial charge in [0, 0.05) is 17.8 Å². The zero-order valence-electron chi connectivity index (χ0n) is 7.03. The van der Waals surface area contributed by atoms with E-state index in [2.05, 4.69) is 4.98 Å². The number of nitrogens with zero attached hydrogens (tertiary/aromatic N) is 1. The molecule has 3 rings (SSSR count). The third-order valence-corrected chi connectivity index (χ3v) is 2.50. The fourth-order valence-electron chi connectivity index (χ4n) is 1.48. The summed E-state index contributed by atoms with van der Waals surface area (Å²) in [6, 6.07) is 3.68. The van der Waals surface area contributed by atoms with Gasteiger partial charge in [-0.3, -0.25) is 4.98 Å². The lowest BCUT2D eigenvalue weighted by Gasteiger charge is -1.99. The van der Waals surface area contributed by atoms with E-state index < -0.39 is 5.60 Å². The van der Waals surface area contributed by atoms with Crippen LogP contribution in [0, 0.1) is 0 Å². The predicted octanol–water partition coefficient (Wildman–Crippen LogP) is 1.81. The minimum absolute atomic E-state index is 0.676. The number of furan rings is 1. The summed E-state index contributed by atoms with van der Waals surface area (Å²) in [5.41, 5.74) is 0.115. The average molecular weight is 175 g/mol. The molecule has 0 amide bonds. The molecule has 0 atom stereocenters. The molecule has 1 saturated carbocycles. The molecule has 0 unspecified atom stereocenters. The Balaban J connectivity index is 2.22. The first-order valence-electron chi connectivity index (χ1n) is 4.34. The van der Waals surface area contributed by atoms with Crippen molar-refractivity contribution in [3.63, 3.8) is 0 Å². The number of pyridine rings is 1. The average Bonchev–Trinajstić information content (AvgIpc) is 2.76. The number of aliphatic hydroxyl groups is 1. The van der Waals surface area contributed by atoms with Gasteiger partial charge in [-0.2, -0.15) is 0 Å². The zero-order chi connectivity index (χ0) is 8.89. The Labute approximate surface area is 75.0 Å². The molecule has 0 saturated heterocycles. The van der Waals surface area contributed by atoms with E-state index >= 15 is 0 Å². The van der Waals surface area contributed by atoms with Gasteiger partial charge in [-0.25, -0.2) is 0 Å². The fourth-order valence-corrected chi connectivity index (χ4v) is 1.48. The summed E-state index contributed by atoms with van der Waals surface area (Å²) in [4.78, 5) is 3.99. The Kier molecular flexibility index (Phi) is 1.15. The van der Waals surface area contributed by atoms with Crippen LogP contribution in [-0.4, -0.2) is 10.1 Å². The summed E-state index contributed by atoms with van der Waals surface area (Å²) in [5, 5.41) is 10.7. The van der Waals surface area contributed by atoms with Gasteiger partial charge in [0.2, 0.25) is 0 Å². The molecule has 1 aliphatic carbocycles. The van der Waals surface area contributed by atoms with Crippen LogP contribution in [0.2, 0.25) is 0 Å². The lowest BCUT2D eigenvalue weighted by Crippen LogP contribution is -2.00. The van der Waals surface area contributed by atoms with E-state index in [4.69, 9.17) is 4.42 Å². The Hall–Kier alpha value is -1.35. The van der Waals surface area contributed by atoms with Crippen molar-refractivity contribution in [2.45, 2.75) is 18.4 Å². The van der Waals surface area contributed by atoms with Crippen LogP contribution in [-0.2, 0) is 5.60 Å². The summed E-state index contributed by atoms with van der Waals surface area (Å²) in [6.07, 6.45) is 5.04. The molecule has 66 valence electrons. The molecule has 3 nitrogen and oxygen atoms in total. The molecule has 0 radical (unpaired) electrons. The molecule has 0 bridgehead atoms. The molecular formula is C10H9NO2. The van der Waals surface area contributed by atoms with Crippen LogP contribution in [0.5, 0.6) is 0 Å². The lowest BCUT2D eigenvalue weighted by molar-refractivity contribution is 0.125. The monoisotopic (exact) mass is 175 g/mol. The number of hydrogen-bond donors (Lipinski definition) is 1. The van der Waals surface area contributed by atoms with E-state index in [9.17, 15) is 5.11 Å². The first kappa shape index (κ1) is 7.09. The highest BCUT2D eigenvalue weighted by Crippen LogP contribution is 2.46. The molecule has 1 N–H and O–H groups in total. The van der Waals surface area contributed by atoms with E-state index in [1.165, 1.54) is 0 Å². The third kappa shape index (κ3) is 0.971. The van der Waals surface area contributed by atoms with Gasteiger partial charge in [0.15, 0.2) is 0 Å². The lowest BCUT2D eigenvalue weighted by atomic mass is 10.2. The highest BCUT2D eigenvalue weighted by molar-refractivity contribution is 5.76. The molecule has 2 aromatic rings. The first-order valence-corrected chi connectivity index (χ1v) is 4.34. The SMILES string of the molecule is OC1(c2cc3cnccc3o2)CC1. The Morgan fingerprint density at radius 1 is 1.46 bits per heavy atom. The Bertz CT molecular complexity index is 424. The van der Waals surface area contributed by atoms with Gasteiger partial charge in [-0.1, -0.05) is 0 Å². The Morgan fingerprint density at radius 3 is 3.00 bits per heavy atom. The second-order valence-corrected chi connectivity index (χ2v) is 3.56. The van der Waals surface area contributed by atoms with Crippen LogP contribution in [0.4, 0.5) is 0 Å². The summed E-state index contributed by atoms with van der Waals surface area (Å²) < 4.78 is 5.50. The van der Waals surface area contributed by atoms with Crippen LogP contribution < -0.4 is 0 Å². The number of hydrogen-bond acceptors (Lipinski definition) is 3. The second kappa shape index (κ2) is 2.12. The van der Waals surface area contributed by atoms with Gasteiger partial charge < -0.3 is 9.52 Å². The topological polar surface area (TPSA) is 46.3 Å². The van der Waals surface area contributed by atoms with Crippen molar-refractivity contribution in [2.75, 3.05) is 0 Å². The quantitative estimate of drug-likeness (QED) is 0.718. The molecule has 13 heavy (non-hydrogen) atoms. The smallest absolute Gasteiger partial charge is 0.137 e. The maximum absolute atomic E-state index is 9.79. The van der Waals surface area contributed by atoms with Crippen LogP contribution in [0.1, 0.15) is 18.6 Å². The van der Waals surface area contributed by atoms with Gasteiger partial charge in [0.25, 0.3) is 0 Å². The van der Waals surface area contributed by atoms with Crippen molar-refractivity contribution in [3.05, 3.63) is 30.3 Å². The van der Waals surface area contributed by atoms with Crippen molar-refractivity contribution in [1.82, 2.24) is 4.98 Å². The molecule has 1 aliphatic rings. The van der Waals surface area contributed by atoms with Crippen LogP contribution in [0.3, 0.4) is 0 Å². The van der Waals surface area contributed by atoms with Crippen LogP contribution in [0.25, 0.3) is 11.0 Å². The molecule has 0 spiro atoms. The van der Waals surface area contributed by atoms with Crippen molar-refractivity contribution >= 4 is 11.0 Å². The normalized spacial score (nSPS) is 19.2. The molecule has 0 aromatic carbocycles. The molecular weight excluding hydrogens is 166 g/mol. The Morgan fingerprint density at radius 2 is 2.31 bits per heavy atom.